The third-order valence-corrected chi connectivity index (χ3v) is 2.19. The number of benzene rings is 1. The Morgan fingerprint density at radius 1 is 1.40 bits per heavy atom. The third kappa shape index (κ3) is 2.81. The Morgan fingerprint density at radius 3 is 2.47 bits per heavy atom. The topological polar surface area (TPSA) is 37.3 Å². The predicted octanol–water partition coefficient (Wildman–Crippen LogP) is 2.99. The Bertz CT molecular complexity index is 377. The van der Waals surface area contributed by atoms with E-state index in [1.165, 1.54) is 0 Å². The summed E-state index contributed by atoms with van der Waals surface area (Å²) in [6.07, 6.45) is 3.68. The van der Waals surface area contributed by atoms with Crippen LogP contribution in [0.2, 0.25) is 0 Å². The molecule has 15 heavy (non-hydrogen) atoms. The minimum Gasteiger partial charge on any atom is -0.478 e. The monoisotopic (exact) mass is 202 g/mol. The fraction of sp³-hybridized carbons (Fsp3) is 0.154. The van der Waals surface area contributed by atoms with Crippen LogP contribution in [0.1, 0.15) is 18.4 Å². The molecule has 2 nitrogen and oxygen atoms in total. The smallest absolute Gasteiger partial charge is 0.331 e. The minimum atomic E-state index is -0.957. The molecular weight excluding hydrogens is 188 g/mol. The van der Waals surface area contributed by atoms with Gasteiger partial charge in [-0.3, -0.25) is 0 Å². The molecule has 0 aliphatic rings. The molecular formula is C13H14O2. The molecule has 78 valence electrons. The van der Waals surface area contributed by atoms with Crippen LogP contribution in [0.4, 0.5) is 0 Å². The highest BCUT2D eigenvalue weighted by atomic mass is 16.4. The molecule has 0 saturated carbocycles. The van der Waals surface area contributed by atoms with E-state index < -0.39 is 5.97 Å². The molecule has 1 unspecified atom stereocenters. The lowest BCUT2D eigenvalue weighted by molar-refractivity contribution is -0.132. The van der Waals surface area contributed by atoms with Gasteiger partial charge in [0.25, 0.3) is 0 Å². The number of carbonyl (C=O) groups is 1. The first-order valence-electron chi connectivity index (χ1n) is 4.76. The highest BCUT2D eigenvalue weighted by Crippen LogP contribution is 2.24. The van der Waals surface area contributed by atoms with E-state index in [4.69, 9.17) is 5.11 Å². The molecule has 1 rings (SSSR count). The van der Waals surface area contributed by atoms with E-state index in [9.17, 15) is 4.79 Å². The Labute approximate surface area is 89.6 Å². The summed E-state index contributed by atoms with van der Waals surface area (Å²) in [5, 5.41) is 8.91. The molecule has 0 heterocycles. The minimum absolute atomic E-state index is 0.194. The van der Waals surface area contributed by atoms with Crippen LogP contribution < -0.4 is 0 Å². The first-order chi connectivity index (χ1) is 7.16. The maximum absolute atomic E-state index is 10.9. The van der Waals surface area contributed by atoms with Crippen LogP contribution in [0.3, 0.4) is 0 Å². The highest BCUT2D eigenvalue weighted by molar-refractivity contribution is 5.88. The standard InChI is InChI=1S/C13H14O2/c1-3-7-12(10(2)13(14)15)11-8-5-4-6-9-11/h3-9,12H,2H2,1H3,(H,14,15)/b7-3+. The second-order valence-corrected chi connectivity index (χ2v) is 3.24. The summed E-state index contributed by atoms with van der Waals surface area (Å²) in [5.41, 5.74) is 1.14. The van der Waals surface area contributed by atoms with Gasteiger partial charge in [0.2, 0.25) is 0 Å². The van der Waals surface area contributed by atoms with Gasteiger partial charge in [-0.05, 0) is 12.5 Å². The van der Waals surface area contributed by atoms with Crippen LogP contribution in [-0.4, -0.2) is 11.1 Å². The number of aliphatic carboxylic acids is 1. The van der Waals surface area contributed by atoms with Gasteiger partial charge in [-0.2, -0.15) is 0 Å². The Morgan fingerprint density at radius 2 is 2.00 bits per heavy atom. The van der Waals surface area contributed by atoms with E-state index >= 15 is 0 Å². The lowest BCUT2D eigenvalue weighted by atomic mass is 9.92. The summed E-state index contributed by atoms with van der Waals surface area (Å²) in [5.74, 6) is -1.20. The molecule has 0 fully saturated rings. The van der Waals surface area contributed by atoms with Crippen molar-refractivity contribution in [2.45, 2.75) is 12.8 Å². The number of carboxylic acid groups (broad SMARTS) is 1. The van der Waals surface area contributed by atoms with Gasteiger partial charge >= 0.3 is 5.97 Å². The molecule has 2 heteroatoms. The zero-order chi connectivity index (χ0) is 11.3. The van der Waals surface area contributed by atoms with Crippen LogP contribution in [0, 0.1) is 0 Å². The van der Waals surface area contributed by atoms with Crippen molar-refractivity contribution >= 4 is 5.97 Å². The quantitative estimate of drug-likeness (QED) is 0.602. The summed E-state index contributed by atoms with van der Waals surface area (Å²) < 4.78 is 0. The van der Waals surface area contributed by atoms with Crippen molar-refractivity contribution in [1.29, 1.82) is 0 Å². The van der Waals surface area contributed by atoms with Crippen LogP contribution >= 0.6 is 0 Å². The molecule has 0 amide bonds. The molecule has 0 saturated heterocycles. The van der Waals surface area contributed by atoms with Gasteiger partial charge in [-0.15, -0.1) is 0 Å². The molecule has 0 bridgehead atoms. The molecule has 0 radical (unpaired) electrons. The van der Waals surface area contributed by atoms with Crippen molar-refractivity contribution in [3.05, 3.63) is 60.2 Å². The van der Waals surface area contributed by atoms with E-state index in [0.29, 0.717) is 0 Å². The number of carboxylic acids is 1. The van der Waals surface area contributed by atoms with Gasteiger partial charge in [-0.25, -0.2) is 4.79 Å². The van der Waals surface area contributed by atoms with Crippen molar-refractivity contribution in [3.63, 3.8) is 0 Å². The fourth-order valence-corrected chi connectivity index (χ4v) is 1.41. The van der Waals surface area contributed by atoms with Gasteiger partial charge in [0.15, 0.2) is 0 Å². The van der Waals surface area contributed by atoms with Gasteiger partial charge in [0, 0.05) is 11.5 Å². The van der Waals surface area contributed by atoms with Crippen LogP contribution in [0.5, 0.6) is 0 Å². The van der Waals surface area contributed by atoms with Crippen molar-refractivity contribution in [2.75, 3.05) is 0 Å². The molecule has 0 spiro atoms. The van der Waals surface area contributed by atoms with E-state index in [-0.39, 0.29) is 11.5 Å². The van der Waals surface area contributed by atoms with Gasteiger partial charge < -0.3 is 5.11 Å². The summed E-state index contributed by atoms with van der Waals surface area (Å²) in [7, 11) is 0. The molecule has 1 aromatic carbocycles. The second kappa shape index (κ2) is 5.15. The summed E-state index contributed by atoms with van der Waals surface area (Å²) in [4.78, 5) is 10.9. The Balaban J connectivity index is 3.04. The van der Waals surface area contributed by atoms with Gasteiger partial charge in [0.05, 0.1) is 0 Å². The summed E-state index contributed by atoms with van der Waals surface area (Å²) in [6, 6.07) is 9.49. The van der Waals surface area contributed by atoms with E-state index in [1.54, 1.807) is 0 Å². The lowest BCUT2D eigenvalue weighted by Gasteiger charge is -2.12. The predicted molar refractivity (Wildman–Crippen MR) is 60.8 cm³/mol. The van der Waals surface area contributed by atoms with Crippen molar-refractivity contribution < 1.29 is 9.90 Å². The zero-order valence-electron chi connectivity index (χ0n) is 8.68. The van der Waals surface area contributed by atoms with Gasteiger partial charge in [-0.1, -0.05) is 49.1 Å². The lowest BCUT2D eigenvalue weighted by Crippen LogP contribution is -2.08. The van der Waals surface area contributed by atoms with Crippen LogP contribution in [0.15, 0.2) is 54.6 Å². The first-order valence-corrected chi connectivity index (χ1v) is 4.76. The molecule has 1 N–H and O–H groups in total. The molecule has 0 aromatic heterocycles. The number of hydrogen-bond donors (Lipinski definition) is 1. The van der Waals surface area contributed by atoms with Crippen molar-refractivity contribution in [2.24, 2.45) is 0 Å². The summed E-state index contributed by atoms with van der Waals surface area (Å²) >= 11 is 0. The maximum Gasteiger partial charge on any atom is 0.331 e. The van der Waals surface area contributed by atoms with Crippen molar-refractivity contribution in [1.82, 2.24) is 0 Å². The van der Waals surface area contributed by atoms with Crippen LogP contribution in [0.25, 0.3) is 0 Å². The second-order valence-electron chi connectivity index (χ2n) is 3.24. The average Bonchev–Trinajstić information content (AvgIpc) is 2.26. The van der Waals surface area contributed by atoms with E-state index in [2.05, 4.69) is 6.58 Å². The zero-order valence-corrected chi connectivity index (χ0v) is 8.68. The van der Waals surface area contributed by atoms with Crippen molar-refractivity contribution in [3.8, 4) is 0 Å². The maximum atomic E-state index is 10.9. The molecule has 1 aromatic rings. The van der Waals surface area contributed by atoms with E-state index in [0.717, 1.165) is 5.56 Å². The number of hydrogen-bond acceptors (Lipinski definition) is 1. The number of rotatable bonds is 4. The van der Waals surface area contributed by atoms with E-state index in [1.807, 2.05) is 49.4 Å². The first kappa shape index (κ1) is 11.2. The molecule has 0 aliphatic heterocycles. The normalized spacial score (nSPS) is 12.6. The Kier molecular flexibility index (Phi) is 3.86. The third-order valence-electron chi connectivity index (χ3n) is 2.19. The number of allylic oxidation sites excluding steroid dienone is 2. The van der Waals surface area contributed by atoms with Crippen LogP contribution in [-0.2, 0) is 4.79 Å². The molecule has 1 atom stereocenters. The largest absolute Gasteiger partial charge is 0.478 e. The summed E-state index contributed by atoms with van der Waals surface area (Å²) in [6.45, 7) is 5.46. The SMILES string of the molecule is C=C(C(=O)O)C(/C=C/C)c1ccccc1. The molecule has 0 aliphatic carbocycles. The highest BCUT2D eigenvalue weighted by Gasteiger charge is 2.16. The Hall–Kier alpha value is -1.83. The average molecular weight is 202 g/mol. The fourth-order valence-electron chi connectivity index (χ4n) is 1.41. The van der Waals surface area contributed by atoms with Gasteiger partial charge in [0.1, 0.15) is 0 Å².